The molecule has 1 N–H and O–H groups in total. The molecule has 0 saturated carbocycles. The van der Waals surface area contributed by atoms with Crippen LogP contribution in [0.2, 0.25) is 5.02 Å². The van der Waals surface area contributed by atoms with E-state index >= 15 is 0 Å². The summed E-state index contributed by atoms with van der Waals surface area (Å²) in [7, 11) is 2.11. The molecular weight excluding hydrogens is 310 g/mol. The van der Waals surface area contributed by atoms with E-state index in [9.17, 15) is 4.79 Å². The lowest BCUT2D eigenvalue weighted by Crippen LogP contribution is -3.06. The van der Waals surface area contributed by atoms with Crippen LogP contribution >= 0.6 is 11.6 Å². The van der Waals surface area contributed by atoms with Gasteiger partial charge in [-0.2, -0.15) is 0 Å². The molecule has 0 amide bonds. The standard InChI is InChI=1S/C19H18ClNO2/c1-13-3-8-17-15(10-19(22)23-18(17)9-13)12-21(2)11-14-4-6-16(20)7-5-14/h3-10H,11-12H2,1-2H3/p+1. The molecule has 1 aromatic heterocycles. The van der Waals surface area contributed by atoms with E-state index in [1.54, 1.807) is 6.07 Å². The first-order valence-corrected chi connectivity index (χ1v) is 7.98. The van der Waals surface area contributed by atoms with Gasteiger partial charge in [-0.25, -0.2) is 4.79 Å². The van der Waals surface area contributed by atoms with E-state index in [4.69, 9.17) is 16.0 Å². The van der Waals surface area contributed by atoms with E-state index in [2.05, 4.69) is 7.05 Å². The summed E-state index contributed by atoms with van der Waals surface area (Å²) in [5.41, 5.74) is 3.68. The van der Waals surface area contributed by atoms with Crippen LogP contribution in [-0.2, 0) is 13.1 Å². The average molecular weight is 329 g/mol. The van der Waals surface area contributed by atoms with Crippen molar-refractivity contribution < 1.29 is 9.32 Å². The van der Waals surface area contributed by atoms with Crippen molar-refractivity contribution in [1.82, 2.24) is 0 Å². The highest BCUT2D eigenvalue weighted by atomic mass is 35.5. The first-order chi connectivity index (χ1) is 11.0. The van der Waals surface area contributed by atoms with Crippen LogP contribution in [0.25, 0.3) is 11.0 Å². The van der Waals surface area contributed by atoms with E-state index < -0.39 is 0 Å². The lowest BCUT2D eigenvalue weighted by molar-refractivity contribution is -0.907. The molecule has 0 radical (unpaired) electrons. The summed E-state index contributed by atoms with van der Waals surface area (Å²) >= 11 is 5.92. The van der Waals surface area contributed by atoms with E-state index in [1.807, 2.05) is 49.4 Å². The van der Waals surface area contributed by atoms with E-state index in [0.29, 0.717) is 5.58 Å². The fourth-order valence-electron chi connectivity index (χ4n) is 2.82. The molecule has 1 unspecified atom stereocenters. The van der Waals surface area contributed by atoms with Gasteiger partial charge in [-0.05, 0) is 30.7 Å². The SMILES string of the molecule is Cc1ccc2c(C[NH+](C)Cc3ccc(Cl)cc3)cc(=O)oc2c1. The topological polar surface area (TPSA) is 34.7 Å². The van der Waals surface area contributed by atoms with Gasteiger partial charge in [0.1, 0.15) is 18.7 Å². The molecule has 0 fully saturated rings. The zero-order valence-corrected chi connectivity index (χ0v) is 14.0. The molecule has 0 aliphatic rings. The monoisotopic (exact) mass is 328 g/mol. The summed E-state index contributed by atoms with van der Waals surface area (Å²) in [4.78, 5) is 13.1. The Kier molecular flexibility index (Phi) is 4.51. The number of quaternary nitrogens is 1. The largest absolute Gasteiger partial charge is 0.423 e. The van der Waals surface area contributed by atoms with Crippen molar-refractivity contribution >= 4 is 22.6 Å². The van der Waals surface area contributed by atoms with Crippen LogP contribution < -0.4 is 10.5 Å². The van der Waals surface area contributed by atoms with E-state index in [1.165, 1.54) is 10.5 Å². The van der Waals surface area contributed by atoms with Crippen LogP contribution in [0.1, 0.15) is 16.7 Å². The summed E-state index contributed by atoms with van der Waals surface area (Å²) < 4.78 is 5.32. The predicted octanol–water partition coefficient (Wildman–Crippen LogP) is 2.97. The number of benzene rings is 2. The molecular formula is C19H19ClNO2+. The first kappa shape index (κ1) is 15.8. The molecule has 3 rings (SSSR count). The van der Waals surface area contributed by atoms with Gasteiger partial charge in [-0.1, -0.05) is 35.9 Å². The molecule has 3 nitrogen and oxygen atoms in total. The third-order valence-corrected chi connectivity index (χ3v) is 4.15. The van der Waals surface area contributed by atoms with E-state index in [-0.39, 0.29) is 5.63 Å². The summed E-state index contributed by atoms with van der Waals surface area (Å²) in [6.45, 7) is 3.61. The third kappa shape index (κ3) is 3.81. The van der Waals surface area contributed by atoms with Gasteiger partial charge in [0.25, 0.3) is 0 Å². The molecule has 0 aliphatic carbocycles. The van der Waals surface area contributed by atoms with Crippen molar-refractivity contribution in [2.45, 2.75) is 20.0 Å². The molecule has 23 heavy (non-hydrogen) atoms. The van der Waals surface area contributed by atoms with Crippen molar-refractivity contribution in [3.63, 3.8) is 0 Å². The zero-order valence-electron chi connectivity index (χ0n) is 13.2. The molecule has 118 valence electrons. The van der Waals surface area contributed by atoms with Gasteiger partial charge in [0.2, 0.25) is 0 Å². The number of nitrogens with one attached hydrogen (secondary N) is 1. The molecule has 0 spiro atoms. The van der Waals surface area contributed by atoms with Crippen molar-refractivity contribution in [2.75, 3.05) is 7.05 Å². The highest BCUT2D eigenvalue weighted by Crippen LogP contribution is 2.18. The second-order valence-corrected chi connectivity index (χ2v) is 6.46. The molecule has 1 atom stereocenters. The van der Waals surface area contributed by atoms with Crippen molar-refractivity contribution in [1.29, 1.82) is 0 Å². The van der Waals surface area contributed by atoms with Gasteiger partial charge in [0.05, 0.1) is 7.05 Å². The third-order valence-electron chi connectivity index (χ3n) is 3.90. The lowest BCUT2D eigenvalue weighted by atomic mass is 10.1. The fraction of sp³-hybridized carbons (Fsp3) is 0.211. The Morgan fingerprint density at radius 1 is 1.04 bits per heavy atom. The van der Waals surface area contributed by atoms with Gasteiger partial charge in [0.15, 0.2) is 0 Å². The second kappa shape index (κ2) is 6.57. The van der Waals surface area contributed by atoms with Crippen LogP contribution in [0.15, 0.2) is 57.7 Å². The quantitative estimate of drug-likeness (QED) is 0.747. The van der Waals surface area contributed by atoms with Gasteiger partial charge in [-0.15, -0.1) is 0 Å². The predicted molar refractivity (Wildman–Crippen MR) is 93.0 cm³/mol. The Bertz CT molecular complexity index is 884. The maximum Gasteiger partial charge on any atom is 0.336 e. The van der Waals surface area contributed by atoms with Crippen LogP contribution in [0.4, 0.5) is 0 Å². The lowest BCUT2D eigenvalue weighted by Gasteiger charge is -2.15. The summed E-state index contributed by atoms with van der Waals surface area (Å²) in [6, 6.07) is 15.5. The maximum absolute atomic E-state index is 11.8. The number of aryl methyl sites for hydroxylation is 1. The van der Waals surface area contributed by atoms with Crippen molar-refractivity contribution in [2.24, 2.45) is 0 Å². The maximum atomic E-state index is 11.8. The minimum Gasteiger partial charge on any atom is -0.423 e. The average Bonchev–Trinajstić information content (AvgIpc) is 2.49. The molecule has 0 saturated heterocycles. The van der Waals surface area contributed by atoms with Crippen LogP contribution in [0.3, 0.4) is 0 Å². The van der Waals surface area contributed by atoms with Gasteiger partial charge >= 0.3 is 5.63 Å². The number of hydrogen-bond donors (Lipinski definition) is 1. The van der Waals surface area contributed by atoms with Gasteiger partial charge in [0, 0.05) is 27.6 Å². The Hall–Kier alpha value is -2.10. The number of rotatable bonds is 4. The minimum absolute atomic E-state index is 0.294. The number of fused-ring (bicyclic) bond motifs is 1. The van der Waals surface area contributed by atoms with Crippen LogP contribution in [0, 0.1) is 6.92 Å². The molecule has 0 bridgehead atoms. The fourth-order valence-corrected chi connectivity index (χ4v) is 2.95. The van der Waals surface area contributed by atoms with Gasteiger partial charge in [-0.3, -0.25) is 0 Å². The van der Waals surface area contributed by atoms with Crippen molar-refractivity contribution in [3.8, 4) is 0 Å². The smallest absolute Gasteiger partial charge is 0.336 e. The molecule has 1 heterocycles. The normalized spacial score (nSPS) is 12.5. The number of hydrogen-bond acceptors (Lipinski definition) is 2. The Morgan fingerprint density at radius 3 is 2.52 bits per heavy atom. The Morgan fingerprint density at radius 2 is 1.78 bits per heavy atom. The van der Waals surface area contributed by atoms with E-state index in [0.717, 1.165) is 34.6 Å². The molecule has 0 aliphatic heterocycles. The molecule has 2 aromatic carbocycles. The summed E-state index contributed by atoms with van der Waals surface area (Å²) in [5, 5.41) is 1.75. The highest BCUT2D eigenvalue weighted by molar-refractivity contribution is 6.30. The highest BCUT2D eigenvalue weighted by Gasteiger charge is 2.11. The van der Waals surface area contributed by atoms with Crippen LogP contribution in [-0.4, -0.2) is 7.05 Å². The Balaban J connectivity index is 1.85. The van der Waals surface area contributed by atoms with Crippen molar-refractivity contribution in [3.05, 3.63) is 80.7 Å². The van der Waals surface area contributed by atoms with Gasteiger partial charge < -0.3 is 9.32 Å². The number of halogens is 1. The van der Waals surface area contributed by atoms with Crippen LogP contribution in [0.5, 0.6) is 0 Å². The molecule has 3 aromatic rings. The zero-order chi connectivity index (χ0) is 16.4. The molecule has 4 heteroatoms. The minimum atomic E-state index is -0.294. The Labute approximate surface area is 140 Å². The summed E-state index contributed by atoms with van der Waals surface area (Å²) in [6.07, 6.45) is 0. The first-order valence-electron chi connectivity index (χ1n) is 7.60. The second-order valence-electron chi connectivity index (χ2n) is 6.03. The summed E-state index contributed by atoms with van der Waals surface area (Å²) in [5.74, 6) is 0.